The number of para-hydroxylation sites is 1. The maximum Gasteiger partial charge on any atom is 0.0558 e. The monoisotopic (exact) mass is 364 g/mol. The molecular weight excluding hydrogens is 332 g/mol. The Morgan fingerprint density at radius 1 is 0.926 bits per heavy atom. The number of hydrogen-bond donors (Lipinski definition) is 1. The van der Waals surface area contributed by atoms with Crippen LogP contribution in [0.15, 0.2) is 54.6 Å². The number of piperidine rings is 1. The number of aliphatic hydroxyl groups is 1. The molecule has 1 fully saturated rings. The van der Waals surface area contributed by atoms with Gasteiger partial charge in [0.1, 0.15) is 0 Å². The standard InChI is InChI=1S/C24H32N2O/c27-17-16-25-14-7-6-10-22(25)13-15-26(23-11-2-1-3-12-23)24-18-20-8-4-5-9-21(20)19-24/h1-5,8-9,11-12,22,24,27H,6-7,10,13-19H2. The first-order chi connectivity index (χ1) is 13.3. The van der Waals surface area contributed by atoms with Crippen molar-refractivity contribution < 1.29 is 5.11 Å². The van der Waals surface area contributed by atoms with Gasteiger partial charge in [-0.15, -0.1) is 0 Å². The van der Waals surface area contributed by atoms with E-state index in [0.717, 1.165) is 32.5 Å². The zero-order valence-electron chi connectivity index (χ0n) is 16.3. The van der Waals surface area contributed by atoms with E-state index in [1.807, 2.05) is 0 Å². The molecule has 144 valence electrons. The van der Waals surface area contributed by atoms with Gasteiger partial charge in [0.2, 0.25) is 0 Å². The van der Waals surface area contributed by atoms with E-state index in [1.165, 1.54) is 42.5 Å². The van der Waals surface area contributed by atoms with Crippen LogP contribution in [0.4, 0.5) is 5.69 Å². The third-order valence-electron chi connectivity index (χ3n) is 6.40. The molecule has 2 aromatic carbocycles. The normalized spacial score (nSPS) is 20.6. The van der Waals surface area contributed by atoms with Crippen LogP contribution < -0.4 is 4.90 Å². The van der Waals surface area contributed by atoms with Crippen molar-refractivity contribution in [1.29, 1.82) is 0 Å². The maximum atomic E-state index is 9.41. The fourth-order valence-corrected chi connectivity index (χ4v) is 5.00. The summed E-state index contributed by atoms with van der Waals surface area (Å²) in [6.45, 7) is 3.34. The van der Waals surface area contributed by atoms with Gasteiger partial charge in [-0.3, -0.25) is 4.90 Å². The summed E-state index contributed by atoms with van der Waals surface area (Å²) in [4.78, 5) is 5.15. The van der Waals surface area contributed by atoms with Gasteiger partial charge >= 0.3 is 0 Å². The van der Waals surface area contributed by atoms with Gasteiger partial charge in [0, 0.05) is 30.9 Å². The van der Waals surface area contributed by atoms with Crippen LogP contribution in [0.25, 0.3) is 0 Å². The van der Waals surface area contributed by atoms with Crippen LogP contribution in [-0.2, 0) is 12.8 Å². The van der Waals surface area contributed by atoms with Crippen molar-refractivity contribution >= 4 is 5.69 Å². The Morgan fingerprint density at radius 3 is 2.33 bits per heavy atom. The van der Waals surface area contributed by atoms with E-state index < -0.39 is 0 Å². The Morgan fingerprint density at radius 2 is 1.63 bits per heavy atom. The molecule has 1 N–H and O–H groups in total. The lowest BCUT2D eigenvalue weighted by Gasteiger charge is -2.38. The fraction of sp³-hybridized carbons (Fsp3) is 0.500. The lowest BCUT2D eigenvalue weighted by Crippen LogP contribution is -2.45. The third kappa shape index (κ3) is 4.36. The Balaban J connectivity index is 1.48. The second-order valence-corrected chi connectivity index (χ2v) is 8.06. The van der Waals surface area contributed by atoms with Crippen LogP contribution in [-0.4, -0.2) is 48.3 Å². The smallest absolute Gasteiger partial charge is 0.0558 e. The minimum absolute atomic E-state index is 0.275. The third-order valence-corrected chi connectivity index (χ3v) is 6.40. The number of rotatable bonds is 7. The summed E-state index contributed by atoms with van der Waals surface area (Å²) >= 11 is 0. The van der Waals surface area contributed by atoms with E-state index in [4.69, 9.17) is 0 Å². The van der Waals surface area contributed by atoms with Gasteiger partial charge < -0.3 is 10.0 Å². The van der Waals surface area contributed by atoms with Gasteiger partial charge in [-0.1, -0.05) is 48.9 Å². The zero-order chi connectivity index (χ0) is 18.5. The van der Waals surface area contributed by atoms with Crippen molar-refractivity contribution in [2.24, 2.45) is 0 Å². The van der Waals surface area contributed by atoms with E-state index in [9.17, 15) is 5.11 Å². The van der Waals surface area contributed by atoms with Gasteiger partial charge in [-0.05, 0) is 61.9 Å². The van der Waals surface area contributed by atoms with Crippen molar-refractivity contribution in [2.45, 2.75) is 50.6 Å². The quantitative estimate of drug-likeness (QED) is 0.807. The molecule has 1 heterocycles. The average Bonchev–Trinajstić information content (AvgIpc) is 3.14. The average molecular weight is 365 g/mol. The number of aliphatic hydroxyl groups excluding tert-OH is 1. The molecule has 1 aliphatic heterocycles. The number of nitrogens with zero attached hydrogens (tertiary/aromatic N) is 2. The summed E-state index contributed by atoms with van der Waals surface area (Å²) in [5.41, 5.74) is 4.38. The lowest BCUT2D eigenvalue weighted by atomic mass is 9.98. The molecule has 1 atom stereocenters. The molecule has 1 unspecified atom stereocenters. The minimum Gasteiger partial charge on any atom is -0.395 e. The fourth-order valence-electron chi connectivity index (χ4n) is 5.00. The Labute approximate surface area is 163 Å². The number of β-amino-alcohol motifs (C(OH)–C–C–N with tert-alkyl or cyclic N) is 1. The minimum atomic E-state index is 0.275. The molecule has 1 aliphatic carbocycles. The van der Waals surface area contributed by atoms with Crippen LogP contribution in [0.3, 0.4) is 0 Å². The number of fused-ring (bicyclic) bond motifs is 1. The molecule has 0 radical (unpaired) electrons. The van der Waals surface area contributed by atoms with Crippen molar-refractivity contribution in [3.8, 4) is 0 Å². The highest BCUT2D eigenvalue weighted by atomic mass is 16.3. The predicted octanol–water partition coefficient (Wildman–Crippen LogP) is 3.90. The lowest BCUT2D eigenvalue weighted by molar-refractivity contribution is 0.112. The highest BCUT2D eigenvalue weighted by Crippen LogP contribution is 2.30. The molecular formula is C24H32N2O. The highest BCUT2D eigenvalue weighted by Gasteiger charge is 2.28. The van der Waals surface area contributed by atoms with Gasteiger partial charge in [-0.25, -0.2) is 0 Å². The predicted molar refractivity (Wildman–Crippen MR) is 112 cm³/mol. The Bertz CT molecular complexity index is 690. The van der Waals surface area contributed by atoms with Gasteiger partial charge in [0.25, 0.3) is 0 Å². The summed E-state index contributed by atoms with van der Waals surface area (Å²) in [6.07, 6.45) is 7.35. The molecule has 2 aromatic rings. The van der Waals surface area contributed by atoms with Crippen molar-refractivity contribution in [3.63, 3.8) is 0 Å². The maximum absolute atomic E-state index is 9.41. The van der Waals surface area contributed by atoms with Crippen LogP contribution in [0.1, 0.15) is 36.8 Å². The molecule has 3 nitrogen and oxygen atoms in total. The van der Waals surface area contributed by atoms with Crippen LogP contribution >= 0.6 is 0 Å². The van der Waals surface area contributed by atoms with E-state index in [0.29, 0.717) is 12.1 Å². The topological polar surface area (TPSA) is 26.7 Å². The number of hydrogen-bond acceptors (Lipinski definition) is 3. The highest BCUT2D eigenvalue weighted by molar-refractivity contribution is 5.49. The van der Waals surface area contributed by atoms with Gasteiger partial charge in [0.05, 0.1) is 6.61 Å². The van der Waals surface area contributed by atoms with E-state index >= 15 is 0 Å². The van der Waals surface area contributed by atoms with Crippen molar-refractivity contribution in [3.05, 3.63) is 65.7 Å². The Hall–Kier alpha value is -1.84. The van der Waals surface area contributed by atoms with Crippen LogP contribution in [0.2, 0.25) is 0 Å². The summed E-state index contributed by atoms with van der Waals surface area (Å²) in [6, 6.07) is 21.0. The molecule has 0 amide bonds. The molecule has 27 heavy (non-hydrogen) atoms. The molecule has 2 aliphatic rings. The molecule has 0 spiro atoms. The number of anilines is 1. The summed E-state index contributed by atoms with van der Waals surface area (Å²) < 4.78 is 0. The molecule has 0 saturated carbocycles. The second kappa shape index (κ2) is 8.90. The molecule has 3 heteroatoms. The number of likely N-dealkylation sites (tertiary alicyclic amines) is 1. The van der Waals surface area contributed by atoms with E-state index in [2.05, 4.69) is 64.4 Å². The number of benzene rings is 2. The summed E-state index contributed by atoms with van der Waals surface area (Å²) in [5.74, 6) is 0. The van der Waals surface area contributed by atoms with Crippen molar-refractivity contribution in [2.75, 3.05) is 31.1 Å². The molecule has 4 rings (SSSR count). The first-order valence-electron chi connectivity index (χ1n) is 10.6. The molecule has 0 bridgehead atoms. The van der Waals surface area contributed by atoms with Crippen molar-refractivity contribution in [1.82, 2.24) is 4.90 Å². The van der Waals surface area contributed by atoms with E-state index in [-0.39, 0.29) is 6.61 Å². The largest absolute Gasteiger partial charge is 0.395 e. The molecule has 1 saturated heterocycles. The van der Waals surface area contributed by atoms with E-state index in [1.54, 1.807) is 0 Å². The van der Waals surface area contributed by atoms with Crippen LogP contribution in [0.5, 0.6) is 0 Å². The zero-order valence-corrected chi connectivity index (χ0v) is 16.3. The molecule has 0 aromatic heterocycles. The second-order valence-electron chi connectivity index (χ2n) is 8.06. The summed E-state index contributed by atoms with van der Waals surface area (Å²) in [5, 5.41) is 9.41. The SMILES string of the molecule is OCCN1CCCCC1CCN(c1ccccc1)C1Cc2ccccc2C1. The summed E-state index contributed by atoms with van der Waals surface area (Å²) in [7, 11) is 0. The van der Waals surface area contributed by atoms with Gasteiger partial charge in [-0.2, -0.15) is 0 Å². The first kappa shape index (κ1) is 18.5. The van der Waals surface area contributed by atoms with Crippen LogP contribution in [0, 0.1) is 0 Å². The Kier molecular flexibility index (Phi) is 6.10. The first-order valence-corrected chi connectivity index (χ1v) is 10.6. The van der Waals surface area contributed by atoms with Gasteiger partial charge in [0.15, 0.2) is 0 Å².